The number of hydrogen-bond donors (Lipinski definition) is 2. The number of benzene rings is 1. The standard InChI is InChI=1S/C19H31ClN4.HI/c1-5-21-19(23-14(2)3)22-13-16-9-7-11-24(4)18(16)15-8-6-10-17(20)12-15;/h6,8,10,12,14,16,18H,5,7,9,11,13H2,1-4H3,(H2,21,22,23);1H. The average molecular weight is 479 g/mol. The van der Waals surface area contributed by atoms with Gasteiger partial charge in [0.05, 0.1) is 0 Å². The van der Waals surface area contributed by atoms with Gasteiger partial charge in [-0.15, -0.1) is 24.0 Å². The smallest absolute Gasteiger partial charge is 0.191 e. The van der Waals surface area contributed by atoms with Gasteiger partial charge in [-0.2, -0.15) is 0 Å². The highest BCUT2D eigenvalue weighted by Gasteiger charge is 2.30. The minimum atomic E-state index is 0. The van der Waals surface area contributed by atoms with Gasteiger partial charge < -0.3 is 10.6 Å². The number of piperidine rings is 1. The molecule has 0 saturated carbocycles. The van der Waals surface area contributed by atoms with Gasteiger partial charge in [0.15, 0.2) is 5.96 Å². The van der Waals surface area contributed by atoms with E-state index >= 15 is 0 Å². The lowest BCUT2D eigenvalue weighted by molar-refractivity contribution is 0.125. The molecule has 2 atom stereocenters. The summed E-state index contributed by atoms with van der Waals surface area (Å²) in [6.07, 6.45) is 2.42. The predicted molar refractivity (Wildman–Crippen MR) is 119 cm³/mol. The number of aliphatic imine (C=N–C) groups is 1. The molecule has 2 N–H and O–H groups in total. The maximum Gasteiger partial charge on any atom is 0.191 e. The van der Waals surface area contributed by atoms with Crippen LogP contribution < -0.4 is 10.6 Å². The zero-order chi connectivity index (χ0) is 17.5. The number of hydrogen-bond acceptors (Lipinski definition) is 2. The normalized spacial score (nSPS) is 21.8. The third-order valence-electron chi connectivity index (χ3n) is 4.45. The zero-order valence-electron chi connectivity index (χ0n) is 15.8. The quantitative estimate of drug-likeness (QED) is 0.376. The molecule has 142 valence electrons. The van der Waals surface area contributed by atoms with Gasteiger partial charge in [-0.05, 0) is 70.8 Å². The van der Waals surface area contributed by atoms with Gasteiger partial charge in [0.25, 0.3) is 0 Å². The van der Waals surface area contributed by atoms with Crippen LogP contribution in [0.5, 0.6) is 0 Å². The van der Waals surface area contributed by atoms with Crippen LogP contribution in [-0.4, -0.2) is 43.6 Å². The van der Waals surface area contributed by atoms with E-state index in [1.165, 1.54) is 18.4 Å². The van der Waals surface area contributed by atoms with Crippen molar-refractivity contribution in [2.75, 3.05) is 26.7 Å². The van der Waals surface area contributed by atoms with Crippen molar-refractivity contribution < 1.29 is 0 Å². The van der Waals surface area contributed by atoms with Crippen LogP contribution in [0.15, 0.2) is 29.3 Å². The molecule has 1 heterocycles. The third-order valence-corrected chi connectivity index (χ3v) is 4.69. The molecule has 6 heteroatoms. The molecule has 1 saturated heterocycles. The van der Waals surface area contributed by atoms with Crippen LogP contribution in [0.1, 0.15) is 45.2 Å². The van der Waals surface area contributed by atoms with Crippen molar-refractivity contribution in [1.29, 1.82) is 0 Å². The Hall–Kier alpha value is -0.530. The van der Waals surface area contributed by atoms with E-state index in [1.807, 2.05) is 12.1 Å². The summed E-state index contributed by atoms with van der Waals surface area (Å²) in [5.41, 5.74) is 1.30. The van der Waals surface area contributed by atoms with E-state index in [9.17, 15) is 0 Å². The van der Waals surface area contributed by atoms with Crippen molar-refractivity contribution in [2.45, 2.75) is 45.7 Å². The van der Waals surface area contributed by atoms with Gasteiger partial charge in [0.2, 0.25) is 0 Å². The lowest BCUT2D eigenvalue weighted by atomic mass is 9.85. The van der Waals surface area contributed by atoms with Crippen LogP contribution in [-0.2, 0) is 0 Å². The van der Waals surface area contributed by atoms with E-state index in [0.29, 0.717) is 18.0 Å². The molecule has 1 aromatic carbocycles. The Morgan fingerprint density at radius 2 is 2.16 bits per heavy atom. The molecule has 25 heavy (non-hydrogen) atoms. The fraction of sp³-hybridized carbons (Fsp3) is 0.632. The van der Waals surface area contributed by atoms with E-state index in [1.54, 1.807) is 0 Å². The Balaban J connectivity index is 0.00000312. The predicted octanol–water partition coefficient (Wildman–Crippen LogP) is 4.30. The van der Waals surface area contributed by atoms with Crippen molar-refractivity contribution >= 4 is 41.5 Å². The van der Waals surface area contributed by atoms with Crippen LogP contribution in [0.4, 0.5) is 0 Å². The Bertz CT molecular complexity index is 550. The van der Waals surface area contributed by atoms with Crippen molar-refractivity contribution in [2.24, 2.45) is 10.9 Å². The van der Waals surface area contributed by atoms with E-state index in [4.69, 9.17) is 16.6 Å². The maximum absolute atomic E-state index is 6.22. The van der Waals surface area contributed by atoms with Gasteiger partial charge in [-0.1, -0.05) is 23.7 Å². The highest BCUT2D eigenvalue weighted by Crippen LogP contribution is 2.36. The first-order valence-electron chi connectivity index (χ1n) is 9.01. The second-order valence-corrected chi connectivity index (χ2v) is 7.34. The van der Waals surface area contributed by atoms with Gasteiger partial charge in [-0.25, -0.2) is 0 Å². The molecule has 0 radical (unpaired) electrons. The molecular weight excluding hydrogens is 447 g/mol. The fourth-order valence-corrected chi connectivity index (χ4v) is 3.67. The fourth-order valence-electron chi connectivity index (χ4n) is 3.47. The Morgan fingerprint density at radius 1 is 1.40 bits per heavy atom. The summed E-state index contributed by atoms with van der Waals surface area (Å²) in [6, 6.07) is 9.03. The molecule has 0 spiro atoms. The third kappa shape index (κ3) is 6.94. The lowest BCUT2D eigenvalue weighted by Gasteiger charge is -2.39. The molecule has 0 amide bonds. The summed E-state index contributed by atoms with van der Waals surface area (Å²) in [4.78, 5) is 7.29. The lowest BCUT2D eigenvalue weighted by Crippen LogP contribution is -2.42. The molecule has 4 nitrogen and oxygen atoms in total. The highest BCUT2D eigenvalue weighted by molar-refractivity contribution is 14.0. The van der Waals surface area contributed by atoms with Gasteiger partial charge in [0.1, 0.15) is 0 Å². The van der Waals surface area contributed by atoms with Crippen LogP contribution in [0.25, 0.3) is 0 Å². The number of halogens is 2. The Morgan fingerprint density at radius 3 is 2.80 bits per heavy atom. The minimum Gasteiger partial charge on any atom is -0.357 e. The van der Waals surface area contributed by atoms with Crippen LogP contribution in [0, 0.1) is 5.92 Å². The summed E-state index contributed by atoms with van der Waals surface area (Å²) in [6.45, 7) is 9.19. The number of likely N-dealkylation sites (tertiary alicyclic amines) is 1. The molecule has 0 aromatic heterocycles. The van der Waals surface area contributed by atoms with Crippen LogP contribution >= 0.6 is 35.6 Å². The molecule has 1 fully saturated rings. The van der Waals surface area contributed by atoms with E-state index < -0.39 is 0 Å². The molecule has 0 bridgehead atoms. The van der Waals surface area contributed by atoms with Gasteiger partial charge in [-0.3, -0.25) is 9.89 Å². The second-order valence-electron chi connectivity index (χ2n) is 6.90. The van der Waals surface area contributed by atoms with Crippen molar-refractivity contribution in [3.8, 4) is 0 Å². The summed E-state index contributed by atoms with van der Waals surface area (Å²) in [5.74, 6) is 1.41. The first kappa shape index (κ1) is 22.5. The van der Waals surface area contributed by atoms with Crippen LogP contribution in [0.3, 0.4) is 0 Å². The van der Waals surface area contributed by atoms with E-state index in [0.717, 1.165) is 30.6 Å². The van der Waals surface area contributed by atoms with E-state index in [2.05, 4.69) is 55.5 Å². The monoisotopic (exact) mass is 478 g/mol. The van der Waals surface area contributed by atoms with Crippen molar-refractivity contribution in [3.05, 3.63) is 34.9 Å². The molecular formula is C19H32ClIN4. The average Bonchev–Trinajstić information content (AvgIpc) is 2.52. The largest absolute Gasteiger partial charge is 0.357 e. The van der Waals surface area contributed by atoms with Crippen molar-refractivity contribution in [3.63, 3.8) is 0 Å². The number of nitrogens with one attached hydrogen (secondary N) is 2. The first-order chi connectivity index (χ1) is 11.5. The summed E-state index contributed by atoms with van der Waals surface area (Å²) >= 11 is 6.22. The SMILES string of the molecule is CCNC(=NCC1CCCN(C)C1c1cccc(Cl)c1)NC(C)C.I. The summed E-state index contributed by atoms with van der Waals surface area (Å²) in [7, 11) is 2.21. The molecule has 1 aliphatic rings. The van der Waals surface area contributed by atoms with Gasteiger partial charge in [0, 0.05) is 30.2 Å². The molecule has 0 aliphatic carbocycles. The van der Waals surface area contributed by atoms with Gasteiger partial charge >= 0.3 is 0 Å². The summed E-state index contributed by atoms with van der Waals surface area (Å²) in [5, 5.41) is 7.54. The topological polar surface area (TPSA) is 39.7 Å². The summed E-state index contributed by atoms with van der Waals surface area (Å²) < 4.78 is 0. The number of nitrogens with zero attached hydrogens (tertiary/aromatic N) is 2. The second kappa shape index (κ2) is 11.2. The Kier molecular flexibility index (Phi) is 10.1. The van der Waals surface area contributed by atoms with Crippen molar-refractivity contribution in [1.82, 2.24) is 15.5 Å². The van der Waals surface area contributed by atoms with E-state index in [-0.39, 0.29) is 24.0 Å². The Labute approximate surface area is 174 Å². The molecule has 2 unspecified atom stereocenters. The molecule has 2 rings (SSSR count). The highest BCUT2D eigenvalue weighted by atomic mass is 127. The maximum atomic E-state index is 6.22. The number of guanidine groups is 1. The molecule has 1 aromatic rings. The molecule has 1 aliphatic heterocycles. The van der Waals surface area contributed by atoms with Crippen LogP contribution in [0.2, 0.25) is 5.02 Å². The number of rotatable bonds is 5. The zero-order valence-corrected chi connectivity index (χ0v) is 18.8. The minimum absolute atomic E-state index is 0. The first-order valence-corrected chi connectivity index (χ1v) is 9.39.